The van der Waals surface area contributed by atoms with E-state index in [1.54, 1.807) is 43.0 Å². The van der Waals surface area contributed by atoms with Crippen LogP contribution in [-0.2, 0) is 9.53 Å². The molecular formula is C22H22N6O4S. The van der Waals surface area contributed by atoms with Gasteiger partial charge in [0.2, 0.25) is 5.16 Å². The Morgan fingerprint density at radius 2 is 1.91 bits per heavy atom. The summed E-state index contributed by atoms with van der Waals surface area (Å²) in [6.07, 6.45) is 0. The lowest BCUT2D eigenvalue weighted by atomic mass is 9.95. The van der Waals surface area contributed by atoms with Crippen LogP contribution in [0.25, 0.3) is 5.69 Å². The highest BCUT2D eigenvalue weighted by Gasteiger charge is 2.34. The van der Waals surface area contributed by atoms with Crippen LogP contribution in [0.2, 0.25) is 0 Å². The van der Waals surface area contributed by atoms with Gasteiger partial charge in [-0.15, -0.1) is 5.10 Å². The standard InChI is InChI=1S/C22H22N6O4S/c1-3-32-20(29)18-17(13-33-22-25-26-27-28(22)15-7-5-4-6-8-15)23-21(30)24-19(18)14-9-11-16(31-2)12-10-14/h4-12,19H,3,13H2,1-2H3,(H2,23,24,30). The second-order valence-corrected chi connectivity index (χ2v) is 7.86. The van der Waals surface area contributed by atoms with Gasteiger partial charge in [0.15, 0.2) is 0 Å². The molecule has 2 N–H and O–H groups in total. The van der Waals surface area contributed by atoms with Crippen LogP contribution in [0.5, 0.6) is 5.75 Å². The zero-order valence-electron chi connectivity index (χ0n) is 18.0. The van der Waals surface area contributed by atoms with Crippen LogP contribution in [0, 0.1) is 0 Å². The smallest absolute Gasteiger partial charge is 0.338 e. The third kappa shape index (κ3) is 4.98. The van der Waals surface area contributed by atoms with Gasteiger partial charge in [0.05, 0.1) is 31.0 Å². The van der Waals surface area contributed by atoms with Gasteiger partial charge < -0.3 is 20.1 Å². The van der Waals surface area contributed by atoms with Crippen molar-refractivity contribution in [2.24, 2.45) is 0 Å². The van der Waals surface area contributed by atoms with E-state index in [4.69, 9.17) is 9.47 Å². The number of para-hydroxylation sites is 1. The van der Waals surface area contributed by atoms with Crippen molar-refractivity contribution >= 4 is 23.8 Å². The maximum absolute atomic E-state index is 12.9. The SMILES string of the molecule is CCOC(=O)C1=C(CSc2nnnn2-c2ccccc2)NC(=O)NC1c1ccc(OC)cc1. The number of hydrogen-bond acceptors (Lipinski definition) is 8. The number of carbonyl (C=O) groups excluding carboxylic acids is 2. The molecule has 2 heterocycles. The lowest BCUT2D eigenvalue weighted by Gasteiger charge is -2.29. The Hall–Kier alpha value is -3.86. The van der Waals surface area contributed by atoms with Crippen molar-refractivity contribution in [3.8, 4) is 11.4 Å². The lowest BCUT2D eigenvalue weighted by Crippen LogP contribution is -2.46. The number of nitrogens with one attached hydrogen (secondary N) is 2. The fourth-order valence-electron chi connectivity index (χ4n) is 3.36. The highest BCUT2D eigenvalue weighted by Crippen LogP contribution is 2.31. The molecule has 0 saturated carbocycles. The molecule has 1 aromatic heterocycles. The van der Waals surface area contributed by atoms with Crippen LogP contribution in [0.3, 0.4) is 0 Å². The number of benzene rings is 2. The van der Waals surface area contributed by atoms with Gasteiger partial charge in [-0.25, -0.2) is 9.59 Å². The molecule has 2 aromatic carbocycles. The van der Waals surface area contributed by atoms with Crippen molar-refractivity contribution in [1.82, 2.24) is 30.8 Å². The van der Waals surface area contributed by atoms with Crippen molar-refractivity contribution in [3.05, 3.63) is 71.4 Å². The topological polar surface area (TPSA) is 120 Å². The Labute approximate surface area is 194 Å². The predicted molar refractivity (Wildman–Crippen MR) is 121 cm³/mol. The molecule has 3 aromatic rings. The molecule has 0 bridgehead atoms. The minimum atomic E-state index is -0.676. The molecular weight excluding hydrogens is 444 g/mol. The summed E-state index contributed by atoms with van der Waals surface area (Å²) in [5.74, 6) is 0.412. The number of methoxy groups -OCH3 is 1. The van der Waals surface area contributed by atoms with Crippen molar-refractivity contribution < 1.29 is 19.1 Å². The average Bonchev–Trinajstić information content (AvgIpc) is 3.32. The van der Waals surface area contributed by atoms with E-state index in [9.17, 15) is 9.59 Å². The van der Waals surface area contributed by atoms with Crippen LogP contribution in [0.4, 0.5) is 4.79 Å². The van der Waals surface area contributed by atoms with E-state index in [0.717, 1.165) is 11.3 Å². The summed E-state index contributed by atoms with van der Waals surface area (Å²) in [6, 6.07) is 15.5. The number of aromatic nitrogens is 4. The van der Waals surface area contributed by atoms with E-state index in [0.29, 0.717) is 22.2 Å². The molecule has 1 atom stereocenters. The predicted octanol–water partition coefficient (Wildman–Crippen LogP) is 2.63. The summed E-state index contributed by atoms with van der Waals surface area (Å²) in [5, 5.41) is 18.0. The van der Waals surface area contributed by atoms with Gasteiger partial charge in [-0.2, -0.15) is 4.68 Å². The van der Waals surface area contributed by atoms with Crippen molar-refractivity contribution in [2.75, 3.05) is 19.5 Å². The van der Waals surface area contributed by atoms with E-state index in [1.165, 1.54) is 11.8 Å². The molecule has 0 saturated heterocycles. The Balaban J connectivity index is 1.66. The molecule has 4 rings (SSSR count). The first-order valence-electron chi connectivity index (χ1n) is 10.2. The first-order valence-corrected chi connectivity index (χ1v) is 11.2. The molecule has 1 aliphatic rings. The number of amides is 2. The molecule has 0 spiro atoms. The summed E-state index contributed by atoms with van der Waals surface area (Å²) >= 11 is 1.30. The summed E-state index contributed by atoms with van der Waals surface area (Å²) < 4.78 is 12.1. The Morgan fingerprint density at radius 1 is 1.15 bits per heavy atom. The van der Waals surface area contributed by atoms with Crippen LogP contribution in [0.1, 0.15) is 18.5 Å². The lowest BCUT2D eigenvalue weighted by molar-refractivity contribution is -0.139. The number of thioether (sulfide) groups is 1. The number of carbonyl (C=O) groups is 2. The summed E-state index contributed by atoms with van der Waals surface area (Å²) in [6.45, 7) is 1.94. The van der Waals surface area contributed by atoms with E-state index in [2.05, 4.69) is 26.2 Å². The number of nitrogens with zero attached hydrogens (tertiary/aromatic N) is 4. The van der Waals surface area contributed by atoms with Crippen molar-refractivity contribution in [1.29, 1.82) is 0 Å². The van der Waals surface area contributed by atoms with E-state index >= 15 is 0 Å². The van der Waals surface area contributed by atoms with Gasteiger partial charge in [-0.3, -0.25) is 0 Å². The minimum absolute atomic E-state index is 0.207. The largest absolute Gasteiger partial charge is 0.497 e. The number of tetrazole rings is 1. The Bertz CT molecular complexity index is 1160. The number of hydrogen-bond donors (Lipinski definition) is 2. The Morgan fingerprint density at radius 3 is 2.61 bits per heavy atom. The van der Waals surface area contributed by atoms with E-state index in [1.807, 2.05) is 30.3 Å². The van der Waals surface area contributed by atoms with Gasteiger partial charge in [-0.05, 0) is 47.2 Å². The average molecular weight is 467 g/mol. The molecule has 1 unspecified atom stereocenters. The number of ether oxygens (including phenoxy) is 2. The third-order valence-corrected chi connectivity index (χ3v) is 5.83. The third-order valence-electron chi connectivity index (χ3n) is 4.89. The van der Waals surface area contributed by atoms with Crippen molar-refractivity contribution in [2.45, 2.75) is 18.1 Å². The maximum Gasteiger partial charge on any atom is 0.338 e. The first-order chi connectivity index (χ1) is 16.1. The number of esters is 1. The van der Waals surface area contributed by atoms with Gasteiger partial charge >= 0.3 is 12.0 Å². The Kier molecular flexibility index (Phi) is 6.89. The molecule has 33 heavy (non-hydrogen) atoms. The minimum Gasteiger partial charge on any atom is -0.497 e. The number of rotatable bonds is 8. The van der Waals surface area contributed by atoms with Gasteiger partial charge in [0.1, 0.15) is 5.75 Å². The summed E-state index contributed by atoms with van der Waals surface area (Å²) in [4.78, 5) is 25.4. The molecule has 11 heteroatoms. The molecule has 1 aliphatic heterocycles. The summed E-state index contributed by atoms with van der Waals surface area (Å²) in [5.41, 5.74) is 2.29. The van der Waals surface area contributed by atoms with Gasteiger partial charge in [0.25, 0.3) is 0 Å². The monoisotopic (exact) mass is 466 g/mol. The van der Waals surface area contributed by atoms with Crippen LogP contribution in [0.15, 0.2) is 71.0 Å². The van der Waals surface area contributed by atoms with Gasteiger partial charge in [0, 0.05) is 11.4 Å². The highest BCUT2D eigenvalue weighted by atomic mass is 32.2. The van der Waals surface area contributed by atoms with Crippen LogP contribution < -0.4 is 15.4 Å². The van der Waals surface area contributed by atoms with E-state index in [-0.39, 0.29) is 12.4 Å². The van der Waals surface area contributed by atoms with Gasteiger partial charge in [-0.1, -0.05) is 42.1 Å². The molecule has 10 nitrogen and oxygen atoms in total. The normalized spacial score (nSPS) is 15.6. The quantitative estimate of drug-likeness (QED) is 0.384. The van der Waals surface area contributed by atoms with E-state index < -0.39 is 18.0 Å². The zero-order chi connectivity index (χ0) is 23.2. The van der Waals surface area contributed by atoms with Crippen molar-refractivity contribution in [3.63, 3.8) is 0 Å². The van der Waals surface area contributed by atoms with Crippen LogP contribution >= 0.6 is 11.8 Å². The fraction of sp³-hybridized carbons (Fsp3) is 0.227. The van der Waals surface area contributed by atoms with Crippen LogP contribution in [-0.4, -0.2) is 51.7 Å². The fourth-order valence-corrected chi connectivity index (χ4v) is 4.22. The molecule has 2 amide bonds. The molecule has 0 radical (unpaired) electrons. The molecule has 170 valence electrons. The summed E-state index contributed by atoms with van der Waals surface area (Å²) in [7, 11) is 1.57. The second-order valence-electron chi connectivity index (χ2n) is 6.91. The molecule has 0 aliphatic carbocycles. The molecule has 0 fully saturated rings. The number of urea groups is 1. The maximum atomic E-state index is 12.9. The first kappa shape index (κ1) is 22.3. The zero-order valence-corrected chi connectivity index (χ0v) is 18.8. The second kappa shape index (κ2) is 10.2. The highest BCUT2D eigenvalue weighted by molar-refractivity contribution is 7.99.